The van der Waals surface area contributed by atoms with Crippen LogP contribution in [-0.4, -0.2) is 41.1 Å². The highest BCUT2D eigenvalue weighted by Gasteiger charge is 2.68. The lowest BCUT2D eigenvalue weighted by molar-refractivity contribution is -0.555. The smallest absolute Gasteiger partial charge is 0.308 e. The molecular weight excluding hydrogens is 322 g/mol. The number of fused-ring (bicyclic) bond motifs is 2. The molecule has 1 aromatic carbocycles. The number of esters is 1. The average Bonchev–Trinajstić information content (AvgIpc) is 2.83. The minimum absolute atomic E-state index is 0.0680. The quantitative estimate of drug-likeness (QED) is 0.606. The molecule has 1 spiro atoms. The largest absolute Gasteiger partial charge is 0.432 e. The summed E-state index contributed by atoms with van der Waals surface area (Å²) < 4.78 is 11.7. The molecule has 5 aliphatic rings. The minimum atomic E-state index is -0.853. The molecule has 0 N–H and O–H groups in total. The van der Waals surface area contributed by atoms with Crippen molar-refractivity contribution < 1.29 is 24.0 Å². The molecule has 25 heavy (non-hydrogen) atoms. The minimum Gasteiger partial charge on any atom is -0.432 e. The third-order valence-electron chi connectivity index (χ3n) is 6.20. The van der Waals surface area contributed by atoms with Gasteiger partial charge in [0.05, 0.1) is 6.42 Å². The van der Waals surface area contributed by atoms with Gasteiger partial charge in [-0.2, -0.15) is 0 Å². The van der Waals surface area contributed by atoms with E-state index in [9.17, 15) is 4.79 Å². The number of hydrogen-bond acceptors (Lipinski definition) is 6. The highest BCUT2D eigenvalue weighted by atomic mass is 17.3. The number of benzene rings is 1. The second kappa shape index (κ2) is 5.51. The van der Waals surface area contributed by atoms with E-state index in [-0.39, 0.29) is 17.9 Å². The number of hydrogen-bond donors (Lipinski definition) is 0. The van der Waals surface area contributed by atoms with Crippen LogP contribution in [0.3, 0.4) is 0 Å². The predicted molar refractivity (Wildman–Crippen MR) is 86.9 cm³/mol. The second-order valence-electron chi connectivity index (χ2n) is 7.79. The first-order valence-corrected chi connectivity index (χ1v) is 9.11. The normalized spacial score (nSPS) is 43.2. The van der Waals surface area contributed by atoms with E-state index >= 15 is 0 Å². The second-order valence-corrected chi connectivity index (χ2v) is 7.79. The van der Waals surface area contributed by atoms with Crippen LogP contribution in [0.2, 0.25) is 0 Å². The maximum atomic E-state index is 12.1. The van der Waals surface area contributed by atoms with Crippen LogP contribution in [0.4, 0.5) is 0 Å². The van der Waals surface area contributed by atoms with Crippen LogP contribution in [0.25, 0.3) is 0 Å². The molecule has 6 heteroatoms. The average molecular weight is 345 g/mol. The first-order chi connectivity index (χ1) is 12.1. The van der Waals surface area contributed by atoms with Crippen molar-refractivity contribution in [1.82, 2.24) is 4.90 Å². The first kappa shape index (κ1) is 15.8. The summed E-state index contributed by atoms with van der Waals surface area (Å²) in [5, 5.41) is 0. The lowest BCUT2D eigenvalue weighted by Crippen LogP contribution is -2.72. The van der Waals surface area contributed by atoms with E-state index in [1.54, 1.807) is 0 Å². The van der Waals surface area contributed by atoms with Gasteiger partial charge < -0.3 is 9.47 Å². The Labute approximate surface area is 146 Å². The first-order valence-electron chi connectivity index (χ1n) is 9.11. The Hall–Kier alpha value is -1.47. The molecule has 5 atom stereocenters. The SMILES string of the molecule is C[C@@]12CC[C@H]3N(Cc4ccccc4)CC[C@H]4CC(=O)O[C@H](O1)[C@]43OO2. The summed E-state index contributed by atoms with van der Waals surface area (Å²) in [6.45, 7) is 3.64. The van der Waals surface area contributed by atoms with Crippen molar-refractivity contribution >= 4 is 5.97 Å². The monoisotopic (exact) mass is 345 g/mol. The third kappa shape index (κ3) is 2.35. The number of rotatable bonds is 2. The molecule has 0 aromatic heterocycles. The van der Waals surface area contributed by atoms with E-state index < -0.39 is 17.7 Å². The van der Waals surface area contributed by atoms with Crippen LogP contribution in [0.5, 0.6) is 0 Å². The Kier molecular flexibility index (Phi) is 3.47. The van der Waals surface area contributed by atoms with Crippen molar-refractivity contribution in [3.05, 3.63) is 35.9 Å². The fourth-order valence-corrected chi connectivity index (χ4v) is 4.93. The highest BCUT2D eigenvalue weighted by Crippen LogP contribution is 2.54. The van der Waals surface area contributed by atoms with Crippen molar-refractivity contribution in [2.24, 2.45) is 5.92 Å². The van der Waals surface area contributed by atoms with Crippen molar-refractivity contribution in [1.29, 1.82) is 0 Å². The lowest BCUT2D eigenvalue weighted by atomic mass is 9.70. The molecule has 0 aliphatic carbocycles. The zero-order chi connectivity index (χ0) is 17.1. The predicted octanol–water partition coefficient (Wildman–Crippen LogP) is 2.38. The summed E-state index contributed by atoms with van der Waals surface area (Å²) >= 11 is 0. The zero-order valence-corrected chi connectivity index (χ0v) is 14.3. The van der Waals surface area contributed by atoms with Gasteiger partial charge >= 0.3 is 5.97 Å². The van der Waals surface area contributed by atoms with Crippen molar-refractivity contribution in [3.63, 3.8) is 0 Å². The van der Waals surface area contributed by atoms with Crippen LogP contribution in [0.1, 0.15) is 38.2 Å². The van der Waals surface area contributed by atoms with Gasteiger partial charge in [-0.1, -0.05) is 30.3 Å². The Morgan fingerprint density at radius 3 is 2.88 bits per heavy atom. The van der Waals surface area contributed by atoms with Crippen LogP contribution in [-0.2, 0) is 30.6 Å². The summed E-state index contributed by atoms with van der Waals surface area (Å²) in [7, 11) is 0. The van der Waals surface area contributed by atoms with E-state index in [0.717, 1.165) is 25.9 Å². The highest BCUT2D eigenvalue weighted by molar-refractivity contribution is 5.71. The molecule has 6 nitrogen and oxygen atoms in total. The molecule has 5 aliphatic heterocycles. The Morgan fingerprint density at radius 1 is 1.20 bits per heavy atom. The molecular formula is C19H23NO5. The molecule has 0 amide bonds. The molecule has 134 valence electrons. The molecule has 0 saturated carbocycles. The van der Waals surface area contributed by atoms with Crippen molar-refractivity contribution in [3.8, 4) is 0 Å². The van der Waals surface area contributed by atoms with Gasteiger partial charge in [-0.05, 0) is 31.9 Å². The van der Waals surface area contributed by atoms with Crippen molar-refractivity contribution in [2.45, 2.75) is 62.9 Å². The molecule has 5 heterocycles. The van der Waals surface area contributed by atoms with Crippen molar-refractivity contribution in [2.75, 3.05) is 6.54 Å². The third-order valence-corrected chi connectivity index (χ3v) is 6.20. The fourth-order valence-electron chi connectivity index (χ4n) is 4.93. The molecule has 5 fully saturated rings. The van der Waals surface area contributed by atoms with Gasteiger partial charge in [-0.25, -0.2) is 9.78 Å². The summed E-state index contributed by atoms with van der Waals surface area (Å²) in [6, 6.07) is 10.6. The lowest BCUT2D eigenvalue weighted by Gasteiger charge is -2.57. The standard InChI is InChI=1S/C19H23NO5/c1-18-9-7-15-19(25-24-18)14(11-16(21)22-17(19)23-18)8-10-20(15)12-13-5-3-2-4-6-13/h2-6,14-15,17H,7-12H2,1H3/t14-,15+,17+,18+,19-/m0/s1. The summed E-state index contributed by atoms with van der Waals surface area (Å²) in [6.07, 6.45) is 2.16. The van der Waals surface area contributed by atoms with Gasteiger partial charge in [0.15, 0.2) is 5.60 Å². The Morgan fingerprint density at radius 2 is 2.04 bits per heavy atom. The van der Waals surface area contributed by atoms with Gasteiger partial charge in [0.2, 0.25) is 12.1 Å². The van der Waals surface area contributed by atoms with Gasteiger partial charge in [0.1, 0.15) is 0 Å². The van der Waals surface area contributed by atoms with Crippen LogP contribution in [0.15, 0.2) is 30.3 Å². The molecule has 1 aromatic rings. The van der Waals surface area contributed by atoms with Crippen LogP contribution in [0, 0.1) is 5.92 Å². The van der Waals surface area contributed by atoms with Crippen LogP contribution < -0.4 is 0 Å². The van der Waals surface area contributed by atoms with E-state index in [2.05, 4.69) is 29.2 Å². The van der Waals surface area contributed by atoms with E-state index in [1.807, 2.05) is 13.0 Å². The topological polar surface area (TPSA) is 57.2 Å². The maximum Gasteiger partial charge on any atom is 0.308 e. The number of carbonyl (C=O) groups is 1. The van der Waals surface area contributed by atoms with E-state index in [1.165, 1.54) is 5.56 Å². The summed E-state index contributed by atoms with van der Waals surface area (Å²) in [5.74, 6) is -0.984. The zero-order valence-electron chi connectivity index (χ0n) is 14.3. The van der Waals surface area contributed by atoms with Crippen LogP contribution >= 0.6 is 0 Å². The molecule has 5 saturated heterocycles. The van der Waals surface area contributed by atoms with Gasteiger partial charge in [0.25, 0.3) is 0 Å². The molecule has 6 rings (SSSR count). The van der Waals surface area contributed by atoms with E-state index in [0.29, 0.717) is 12.8 Å². The molecule has 0 radical (unpaired) electrons. The van der Waals surface area contributed by atoms with Gasteiger partial charge in [0, 0.05) is 24.9 Å². The number of nitrogens with zero attached hydrogens (tertiary/aromatic N) is 1. The van der Waals surface area contributed by atoms with Gasteiger partial charge in [-0.3, -0.25) is 9.69 Å². The summed E-state index contributed by atoms with van der Waals surface area (Å²) in [5.41, 5.74) is 0.547. The number of ether oxygens (including phenoxy) is 2. The number of likely N-dealkylation sites (tertiary alicyclic amines) is 1. The maximum absolute atomic E-state index is 12.1. The number of carbonyl (C=O) groups excluding carboxylic acids is 1. The van der Waals surface area contributed by atoms with E-state index in [4.69, 9.17) is 19.2 Å². The Balaban J connectivity index is 1.52. The fraction of sp³-hybridized carbons (Fsp3) is 0.632. The molecule has 0 unspecified atom stereocenters. The Bertz CT molecular complexity index is 682. The number of piperidine rings is 1. The summed E-state index contributed by atoms with van der Waals surface area (Å²) in [4.78, 5) is 26.2. The van der Waals surface area contributed by atoms with Gasteiger partial charge in [-0.15, -0.1) is 0 Å². The molecule has 2 bridgehead atoms.